The maximum Gasteiger partial charge on any atom is 0.263 e. The van der Waals surface area contributed by atoms with E-state index in [1.165, 1.54) is 4.57 Å². The van der Waals surface area contributed by atoms with Gasteiger partial charge in [0.15, 0.2) is 0 Å². The molecule has 25 heavy (non-hydrogen) atoms. The molecule has 1 unspecified atom stereocenters. The number of nitrogens with one attached hydrogen (secondary N) is 2. The Balaban J connectivity index is 1.95. The maximum atomic E-state index is 12.6. The third-order valence-electron chi connectivity index (χ3n) is 4.25. The van der Waals surface area contributed by atoms with Crippen molar-refractivity contribution in [3.05, 3.63) is 57.3 Å². The quantitative estimate of drug-likeness (QED) is 0.680. The summed E-state index contributed by atoms with van der Waals surface area (Å²) in [5, 5.41) is 12.4. The zero-order valence-corrected chi connectivity index (χ0v) is 14.5. The highest BCUT2D eigenvalue weighted by atomic mass is 16.3. The summed E-state index contributed by atoms with van der Waals surface area (Å²) < 4.78 is 1.45. The van der Waals surface area contributed by atoms with Gasteiger partial charge in [-0.25, -0.2) is 4.98 Å². The lowest BCUT2D eigenvalue weighted by atomic mass is 10.1. The fourth-order valence-corrected chi connectivity index (χ4v) is 2.75. The van der Waals surface area contributed by atoms with E-state index >= 15 is 0 Å². The van der Waals surface area contributed by atoms with Crippen LogP contribution in [-0.2, 0) is 7.05 Å². The number of nitrogens with zero attached hydrogens (tertiary/aromatic N) is 2. The Hall–Kier alpha value is -2.93. The topological polar surface area (TPSA) is 100 Å². The van der Waals surface area contributed by atoms with Crippen molar-refractivity contribution in [2.75, 3.05) is 5.32 Å². The Morgan fingerprint density at radius 2 is 2.04 bits per heavy atom. The van der Waals surface area contributed by atoms with E-state index in [2.05, 4.69) is 15.3 Å². The van der Waals surface area contributed by atoms with Crippen LogP contribution in [0.15, 0.2) is 29.1 Å². The van der Waals surface area contributed by atoms with E-state index in [1.54, 1.807) is 39.1 Å². The number of fused-ring (bicyclic) bond motifs is 1. The van der Waals surface area contributed by atoms with Crippen LogP contribution in [0.3, 0.4) is 0 Å². The average Bonchev–Trinajstić information content (AvgIpc) is 2.96. The molecule has 130 valence electrons. The maximum absolute atomic E-state index is 12.6. The molecule has 0 bridgehead atoms. The molecule has 1 atom stereocenters. The minimum Gasteiger partial charge on any atom is -0.385 e. The normalized spacial score (nSPS) is 12.4. The summed E-state index contributed by atoms with van der Waals surface area (Å²) in [7, 11) is 1.64. The van der Waals surface area contributed by atoms with Crippen LogP contribution in [0.5, 0.6) is 0 Å². The number of imidazole rings is 1. The second-order valence-corrected chi connectivity index (χ2v) is 6.19. The zero-order chi connectivity index (χ0) is 18.3. The lowest BCUT2D eigenvalue weighted by molar-refractivity contribution is 0.102. The van der Waals surface area contributed by atoms with Crippen LogP contribution in [0.2, 0.25) is 0 Å². The number of carbonyl (C=O) groups is 1. The molecule has 3 N–H and O–H groups in total. The lowest BCUT2D eigenvalue weighted by Crippen LogP contribution is -2.30. The Bertz CT molecular complexity index is 1030. The number of aliphatic hydroxyl groups is 1. The molecule has 0 fully saturated rings. The third-order valence-corrected chi connectivity index (χ3v) is 4.25. The van der Waals surface area contributed by atoms with Crippen LogP contribution >= 0.6 is 0 Å². The van der Waals surface area contributed by atoms with Crippen LogP contribution in [-0.4, -0.2) is 25.5 Å². The number of hydrogen-bond donors (Lipinski definition) is 3. The molecule has 3 aromatic rings. The summed E-state index contributed by atoms with van der Waals surface area (Å²) in [6.07, 6.45) is -0.705. The second-order valence-electron chi connectivity index (χ2n) is 6.19. The number of pyridine rings is 1. The van der Waals surface area contributed by atoms with E-state index in [0.717, 1.165) is 5.69 Å². The Labute approximate surface area is 144 Å². The van der Waals surface area contributed by atoms with Crippen molar-refractivity contribution < 1.29 is 9.90 Å². The van der Waals surface area contributed by atoms with E-state index in [-0.39, 0.29) is 11.1 Å². The van der Waals surface area contributed by atoms with E-state index in [0.29, 0.717) is 28.1 Å². The van der Waals surface area contributed by atoms with Gasteiger partial charge in [-0.15, -0.1) is 0 Å². The number of aromatic nitrogens is 3. The molecule has 0 aliphatic carbocycles. The molecule has 0 saturated carbocycles. The molecule has 2 heterocycles. The van der Waals surface area contributed by atoms with E-state index in [1.807, 2.05) is 13.0 Å². The van der Waals surface area contributed by atoms with Crippen LogP contribution in [0, 0.1) is 13.8 Å². The molecule has 0 saturated heterocycles. The number of H-pyrrole nitrogens is 1. The highest BCUT2D eigenvalue weighted by Gasteiger charge is 2.17. The number of amides is 1. The van der Waals surface area contributed by atoms with E-state index in [4.69, 9.17) is 0 Å². The third kappa shape index (κ3) is 3.06. The molecule has 0 aliphatic rings. The van der Waals surface area contributed by atoms with Crippen molar-refractivity contribution in [3.8, 4) is 0 Å². The van der Waals surface area contributed by atoms with Crippen molar-refractivity contribution in [2.45, 2.75) is 26.9 Å². The van der Waals surface area contributed by atoms with Crippen LogP contribution in [0.25, 0.3) is 11.0 Å². The van der Waals surface area contributed by atoms with Crippen molar-refractivity contribution >= 4 is 22.6 Å². The van der Waals surface area contributed by atoms with Crippen LogP contribution in [0.4, 0.5) is 5.69 Å². The summed E-state index contributed by atoms with van der Waals surface area (Å²) >= 11 is 0. The molecular formula is C18H20N4O3. The minimum atomic E-state index is -0.705. The summed E-state index contributed by atoms with van der Waals surface area (Å²) in [4.78, 5) is 32.2. The molecule has 3 rings (SSSR count). The summed E-state index contributed by atoms with van der Waals surface area (Å²) in [5.41, 5.74) is 3.16. The van der Waals surface area contributed by atoms with Gasteiger partial charge in [0.05, 0.1) is 11.0 Å². The number of carbonyl (C=O) groups excluding carboxylic acids is 1. The lowest BCUT2D eigenvalue weighted by Gasteiger charge is -2.11. The van der Waals surface area contributed by atoms with Crippen LogP contribution in [0.1, 0.15) is 40.5 Å². The molecule has 1 amide bonds. The number of aryl methyl sites for hydroxylation is 2. The first-order chi connectivity index (χ1) is 11.8. The molecular weight excluding hydrogens is 320 g/mol. The van der Waals surface area contributed by atoms with Gasteiger partial charge >= 0.3 is 0 Å². The summed E-state index contributed by atoms with van der Waals surface area (Å²) in [5.74, 6) is 0.00874. The van der Waals surface area contributed by atoms with Gasteiger partial charge in [-0.2, -0.15) is 0 Å². The number of aromatic amines is 1. The first-order valence-corrected chi connectivity index (χ1v) is 7.94. The number of aliphatic hydroxyl groups excluding tert-OH is 1. The van der Waals surface area contributed by atoms with Gasteiger partial charge in [-0.1, -0.05) is 0 Å². The molecule has 1 aromatic carbocycles. The highest BCUT2D eigenvalue weighted by Crippen LogP contribution is 2.20. The first-order valence-electron chi connectivity index (χ1n) is 7.94. The highest BCUT2D eigenvalue weighted by molar-refractivity contribution is 6.05. The zero-order valence-electron chi connectivity index (χ0n) is 14.5. The molecule has 0 aliphatic heterocycles. The summed E-state index contributed by atoms with van der Waals surface area (Å²) in [6, 6.07) is 6.98. The SMILES string of the molecule is Cc1cc(C)n(C)c(=O)c1C(=O)Nc1ccc2nc(C(C)O)[nH]c2c1. The van der Waals surface area contributed by atoms with E-state index < -0.39 is 12.0 Å². The number of hydrogen-bond acceptors (Lipinski definition) is 4. The molecule has 2 aromatic heterocycles. The van der Waals surface area contributed by atoms with Crippen molar-refractivity contribution in [3.63, 3.8) is 0 Å². The van der Waals surface area contributed by atoms with Crippen molar-refractivity contribution in [2.24, 2.45) is 7.05 Å². The molecule has 7 nitrogen and oxygen atoms in total. The fraction of sp³-hybridized carbons (Fsp3) is 0.278. The van der Waals surface area contributed by atoms with Gasteiger partial charge in [0.1, 0.15) is 17.5 Å². The largest absolute Gasteiger partial charge is 0.385 e. The monoisotopic (exact) mass is 340 g/mol. The smallest absolute Gasteiger partial charge is 0.263 e. The Morgan fingerprint density at radius 1 is 1.32 bits per heavy atom. The number of rotatable bonds is 3. The first kappa shape index (κ1) is 16.9. The predicted molar refractivity (Wildman–Crippen MR) is 95.8 cm³/mol. The van der Waals surface area contributed by atoms with Crippen LogP contribution < -0.4 is 10.9 Å². The standard InChI is InChI=1S/C18H20N4O3/c1-9-7-10(2)22(4)18(25)15(9)17(24)19-12-5-6-13-14(8-12)21-16(20-13)11(3)23/h5-8,11,23H,1-4H3,(H,19,24)(H,20,21). The molecule has 7 heteroatoms. The molecule has 0 spiro atoms. The molecule has 0 radical (unpaired) electrons. The van der Waals surface area contributed by atoms with Gasteiger partial charge < -0.3 is 20.0 Å². The average molecular weight is 340 g/mol. The minimum absolute atomic E-state index is 0.127. The summed E-state index contributed by atoms with van der Waals surface area (Å²) in [6.45, 7) is 5.19. The number of anilines is 1. The van der Waals surface area contributed by atoms with Crippen molar-refractivity contribution in [1.82, 2.24) is 14.5 Å². The number of benzene rings is 1. The Morgan fingerprint density at radius 3 is 2.72 bits per heavy atom. The van der Waals surface area contributed by atoms with Gasteiger partial charge in [0, 0.05) is 18.4 Å². The van der Waals surface area contributed by atoms with Gasteiger partial charge in [-0.05, 0) is 50.6 Å². The predicted octanol–water partition coefficient (Wildman–Crippen LogP) is 2.18. The van der Waals surface area contributed by atoms with Crippen molar-refractivity contribution in [1.29, 1.82) is 0 Å². The van der Waals surface area contributed by atoms with Gasteiger partial charge in [0.25, 0.3) is 11.5 Å². The second kappa shape index (κ2) is 6.18. The van der Waals surface area contributed by atoms with Gasteiger partial charge in [0.2, 0.25) is 0 Å². The Kier molecular flexibility index (Phi) is 4.18. The van der Waals surface area contributed by atoms with E-state index in [9.17, 15) is 14.7 Å². The van der Waals surface area contributed by atoms with Gasteiger partial charge in [-0.3, -0.25) is 9.59 Å². The fourth-order valence-electron chi connectivity index (χ4n) is 2.75.